The van der Waals surface area contributed by atoms with Gasteiger partial charge in [0.2, 0.25) is 10.0 Å². The van der Waals surface area contributed by atoms with Crippen molar-refractivity contribution in [2.75, 3.05) is 30.9 Å². The molecule has 0 bridgehead atoms. The molecule has 1 aromatic rings. The van der Waals surface area contributed by atoms with E-state index in [-0.39, 0.29) is 4.90 Å². The second-order valence-electron chi connectivity index (χ2n) is 5.49. The first-order valence-electron chi connectivity index (χ1n) is 7.18. The molecule has 5 nitrogen and oxygen atoms in total. The highest BCUT2D eigenvalue weighted by atomic mass is 79.9. The van der Waals surface area contributed by atoms with Crippen molar-refractivity contribution in [3.8, 4) is 0 Å². The fraction of sp³-hybridized carbons (Fsp3) is 0.643. The predicted octanol–water partition coefficient (Wildman–Crippen LogP) is 2.48. The van der Waals surface area contributed by atoms with Crippen molar-refractivity contribution in [1.29, 1.82) is 0 Å². The molecule has 21 heavy (non-hydrogen) atoms. The molecule has 1 fully saturated rings. The summed E-state index contributed by atoms with van der Waals surface area (Å²) in [4.78, 5) is 6.91. The predicted molar refractivity (Wildman–Crippen MR) is 88.5 cm³/mol. The number of halogens is 1. The van der Waals surface area contributed by atoms with Crippen LogP contribution in [-0.2, 0) is 10.0 Å². The van der Waals surface area contributed by atoms with Crippen molar-refractivity contribution in [3.05, 3.63) is 18.3 Å². The minimum Gasteiger partial charge on any atom is -0.353 e. The maximum Gasteiger partial charge on any atom is 0.244 e. The summed E-state index contributed by atoms with van der Waals surface area (Å²) in [7, 11) is -0.354. The van der Waals surface area contributed by atoms with Gasteiger partial charge >= 0.3 is 0 Å². The topological polar surface area (TPSA) is 53.5 Å². The Morgan fingerprint density at radius 1 is 1.33 bits per heavy atom. The Balaban J connectivity index is 2.25. The van der Waals surface area contributed by atoms with Gasteiger partial charge in [0.1, 0.15) is 10.7 Å². The first-order chi connectivity index (χ1) is 9.96. The summed E-state index contributed by atoms with van der Waals surface area (Å²) < 4.78 is 25.3. The van der Waals surface area contributed by atoms with Crippen molar-refractivity contribution in [1.82, 2.24) is 9.29 Å². The van der Waals surface area contributed by atoms with E-state index in [1.807, 2.05) is 6.07 Å². The molecule has 0 saturated carbocycles. The van der Waals surface area contributed by atoms with Gasteiger partial charge < -0.3 is 4.90 Å². The number of pyridine rings is 1. The molecule has 0 amide bonds. The molecular formula is C14H22BrN3O2S. The molecule has 1 unspecified atom stereocenters. The molecule has 118 valence electrons. The molecule has 7 heteroatoms. The maximum absolute atomic E-state index is 12.1. The van der Waals surface area contributed by atoms with Crippen LogP contribution in [0.25, 0.3) is 0 Å². The second kappa shape index (κ2) is 7.07. The minimum atomic E-state index is -3.41. The van der Waals surface area contributed by atoms with Gasteiger partial charge in [-0.15, -0.1) is 0 Å². The Kier molecular flexibility index (Phi) is 5.62. The standard InChI is InChI=1S/C14H22BrN3O2S/c1-17(2)21(19,20)13-7-8-14(16-11-13)18-9-5-3-4-6-12(18)10-15/h7-8,11-12H,3-6,9-10H2,1-2H3. The number of hydrogen-bond donors (Lipinski definition) is 0. The molecule has 1 aliphatic rings. The largest absolute Gasteiger partial charge is 0.353 e. The van der Waals surface area contributed by atoms with E-state index in [2.05, 4.69) is 25.8 Å². The fourth-order valence-corrected chi connectivity index (χ4v) is 4.07. The van der Waals surface area contributed by atoms with Crippen LogP contribution in [0.4, 0.5) is 5.82 Å². The van der Waals surface area contributed by atoms with Crippen LogP contribution < -0.4 is 4.90 Å². The number of alkyl halides is 1. The Morgan fingerprint density at radius 3 is 2.67 bits per heavy atom. The van der Waals surface area contributed by atoms with E-state index < -0.39 is 10.0 Å². The van der Waals surface area contributed by atoms with Crippen LogP contribution in [0.1, 0.15) is 25.7 Å². The SMILES string of the molecule is CN(C)S(=O)(=O)c1ccc(N2CCCCCC2CBr)nc1. The van der Waals surface area contributed by atoms with E-state index in [1.54, 1.807) is 6.07 Å². The van der Waals surface area contributed by atoms with E-state index in [0.717, 1.165) is 30.5 Å². The molecular weight excluding hydrogens is 354 g/mol. The molecule has 1 aromatic heterocycles. The summed E-state index contributed by atoms with van der Waals surface area (Å²) in [6, 6.07) is 3.89. The highest BCUT2D eigenvalue weighted by Crippen LogP contribution is 2.24. The van der Waals surface area contributed by atoms with Gasteiger partial charge in [0.05, 0.1) is 0 Å². The van der Waals surface area contributed by atoms with Crippen molar-refractivity contribution in [2.45, 2.75) is 36.6 Å². The minimum absolute atomic E-state index is 0.237. The zero-order valence-corrected chi connectivity index (χ0v) is 14.9. The number of rotatable bonds is 4. The summed E-state index contributed by atoms with van der Waals surface area (Å²) in [5, 5.41) is 0.909. The van der Waals surface area contributed by atoms with Gasteiger partial charge in [-0.05, 0) is 25.0 Å². The number of aromatic nitrogens is 1. The summed E-state index contributed by atoms with van der Waals surface area (Å²) in [5.41, 5.74) is 0. The average Bonchev–Trinajstić information content (AvgIpc) is 2.72. The molecule has 2 rings (SSSR count). The van der Waals surface area contributed by atoms with E-state index in [9.17, 15) is 8.42 Å². The smallest absolute Gasteiger partial charge is 0.244 e. The van der Waals surface area contributed by atoms with Crippen LogP contribution in [0.3, 0.4) is 0 Å². The maximum atomic E-state index is 12.1. The van der Waals surface area contributed by atoms with Crippen molar-refractivity contribution in [3.63, 3.8) is 0 Å². The van der Waals surface area contributed by atoms with E-state index >= 15 is 0 Å². The quantitative estimate of drug-likeness (QED) is 0.758. The summed E-state index contributed by atoms with van der Waals surface area (Å²) in [6.07, 6.45) is 6.24. The molecule has 0 aliphatic carbocycles. The average molecular weight is 376 g/mol. The Labute approximate surface area is 135 Å². The van der Waals surface area contributed by atoms with Gasteiger partial charge in [-0.3, -0.25) is 0 Å². The molecule has 0 aromatic carbocycles. The van der Waals surface area contributed by atoms with Gasteiger partial charge in [-0.1, -0.05) is 28.8 Å². The molecule has 1 atom stereocenters. The molecule has 0 N–H and O–H groups in total. The monoisotopic (exact) mass is 375 g/mol. The normalized spacial score (nSPS) is 20.6. The van der Waals surface area contributed by atoms with Gasteiger partial charge in [-0.25, -0.2) is 17.7 Å². The van der Waals surface area contributed by atoms with E-state index in [0.29, 0.717) is 6.04 Å². The molecule has 1 saturated heterocycles. The molecule has 0 radical (unpaired) electrons. The Morgan fingerprint density at radius 2 is 2.10 bits per heavy atom. The number of anilines is 1. The lowest BCUT2D eigenvalue weighted by molar-refractivity contribution is 0.520. The van der Waals surface area contributed by atoms with Crippen LogP contribution in [0.15, 0.2) is 23.2 Å². The van der Waals surface area contributed by atoms with E-state index in [4.69, 9.17) is 0 Å². The van der Waals surface area contributed by atoms with E-state index in [1.165, 1.54) is 37.4 Å². The Bertz CT molecular complexity index is 560. The van der Waals surface area contributed by atoms with Gasteiger partial charge in [-0.2, -0.15) is 0 Å². The first-order valence-corrected chi connectivity index (χ1v) is 9.74. The summed E-state index contributed by atoms with van der Waals surface area (Å²) >= 11 is 3.58. The lowest BCUT2D eigenvalue weighted by atomic mass is 10.1. The zero-order chi connectivity index (χ0) is 15.5. The van der Waals surface area contributed by atoms with Crippen LogP contribution in [0, 0.1) is 0 Å². The van der Waals surface area contributed by atoms with Crippen molar-refractivity contribution in [2.24, 2.45) is 0 Å². The van der Waals surface area contributed by atoms with Crippen LogP contribution in [-0.4, -0.2) is 49.7 Å². The lowest BCUT2D eigenvalue weighted by Gasteiger charge is -2.29. The van der Waals surface area contributed by atoms with Crippen LogP contribution in [0.2, 0.25) is 0 Å². The highest BCUT2D eigenvalue weighted by Gasteiger charge is 2.23. The molecule has 0 spiro atoms. The highest BCUT2D eigenvalue weighted by molar-refractivity contribution is 9.09. The second-order valence-corrected chi connectivity index (χ2v) is 8.29. The zero-order valence-electron chi connectivity index (χ0n) is 12.5. The number of sulfonamides is 1. The molecule has 1 aliphatic heterocycles. The number of nitrogens with zero attached hydrogens (tertiary/aromatic N) is 3. The summed E-state index contributed by atoms with van der Waals surface area (Å²) in [5.74, 6) is 0.860. The molecule has 2 heterocycles. The fourth-order valence-electron chi connectivity index (χ4n) is 2.55. The third-order valence-electron chi connectivity index (χ3n) is 3.85. The van der Waals surface area contributed by atoms with Crippen LogP contribution in [0.5, 0.6) is 0 Å². The van der Waals surface area contributed by atoms with Crippen molar-refractivity contribution < 1.29 is 8.42 Å². The Hall–Kier alpha value is -0.660. The third kappa shape index (κ3) is 3.76. The van der Waals surface area contributed by atoms with Gasteiger partial charge in [0, 0.05) is 38.2 Å². The third-order valence-corrected chi connectivity index (χ3v) is 6.39. The lowest BCUT2D eigenvalue weighted by Crippen LogP contribution is -2.36. The van der Waals surface area contributed by atoms with Gasteiger partial charge in [0.25, 0.3) is 0 Å². The van der Waals surface area contributed by atoms with Crippen molar-refractivity contribution >= 4 is 31.8 Å². The summed E-state index contributed by atoms with van der Waals surface area (Å²) in [6.45, 7) is 0.975. The first kappa shape index (κ1) is 16.7. The number of hydrogen-bond acceptors (Lipinski definition) is 4. The van der Waals surface area contributed by atoms with Gasteiger partial charge in [0.15, 0.2) is 0 Å². The van der Waals surface area contributed by atoms with Crippen LogP contribution >= 0.6 is 15.9 Å².